The number of halogens is 1. The molecule has 0 nitrogen and oxygen atoms in total. The zero-order chi connectivity index (χ0) is 9.80. The van der Waals surface area contributed by atoms with E-state index in [1.807, 2.05) is 35.7 Å². The van der Waals surface area contributed by atoms with Crippen molar-refractivity contribution in [2.24, 2.45) is 0 Å². The normalized spacial score (nSPS) is 18.4. The van der Waals surface area contributed by atoms with Crippen LogP contribution in [0.2, 0.25) is 0 Å². The lowest BCUT2D eigenvalue weighted by Crippen LogP contribution is -2.09. The van der Waals surface area contributed by atoms with E-state index < -0.39 is 0 Å². The van der Waals surface area contributed by atoms with E-state index in [1.54, 1.807) is 12.1 Å². The second kappa shape index (κ2) is 5.08. The molecule has 1 aromatic carbocycles. The van der Waals surface area contributed by atoms with Gasteiger partial charge in [0.25, 0.3) is 0 Å². The topological polar surface area (TPSA) is 0 Å². The van der Waals surface area contributed by atoms with Gasteiger partial charge in [-0.2, -0.15) is 0 Å². The van der Waals surface area contributed by atoms with Gasteiger partial charge < -0.3 is 0 Å². The quantitative estimate of drug-likeness (QED) is 0.759. The predicted octanol–water partition coefficient (Wildman–Crippen LogP) is 3.56. The van der Waals surface area contributed by atoms with Gasteiger partial charge in [0.05, 0.1) is 4.58 Å². The zero-order valence-electron chi connectivity index (χ0n) is 7.91. The molecule has 0 N–H and O–H groups in total. The van der Waals surface area contributed by atoms with E-state index in [0.29, 0.717) is 4.58 Å². The number of benzene rings is 1. The molecule has 0 amide bonds. The Hall–Kier alpha value is -0.150. The van der Waals surface area contributed by atoms with Crippen LogP contribution in [0.15, 0.2) is 24.3 Å². The highest BCUT2D eigenvalue weighted by Crippen LogP contribution is 2.32. The SMILES string of the molecule is Fc1ccc(CC2SCCCS2)cc1. The van der Waals surface area contributed by atoms with Gasteiger partial charge in [-0.1, -0.05) is 12.1 Å². The van der Waals surface area contributed by atoms with E-state index in [0.717, 1.165) is 6.42 Å². The lowest BCUT2D eigenvalue weighted by atomic mass is 10.2. The van der Waals surface area contributed by atoms with Crippen LogP contribution in [0.5, 0.6) is 0 Å². The summed E-state index contributed by atoms with van der Waals surface area (Å²) >= 11 is 4.06. The first kappa shape index (κ1) is 10.4. The molecule has 1 aliphatic heterocycles. The summed E-state index contributed by atoms with van der Waals surface area (Å²) in [5.41, 5.74) is 1.25. The lowest BCUT2D eigenvalue weighted by molar-refractivity contribution is 0.627. The third-order valence-corrected chi connectivity index (χ3v) is 5.15. The number of hydrogen-bond donors (Lipinski definition) is 0. The number of hydrogen-bond acceptors (Lipinski definition) is 2. The second-order valence-electron chi connectivity index (χ2n) is 3.36. The van der Waals surface area contributed by atoms with Crippen LogP contribution >= 0.6 is 23.5 Å². The molecule has 0 aromatic heterocycles. The Morgan fingerprint density at radius 3 is 2.43 bits per heavy atom. The maximum Gasteiger partial charge on any atom is 0.123 e. The van der Waals surface area contributed by atoms with Gasteiger partial charge in [0, 0.05) is 0 Å². The second-order valence-corrected chi connectivity index (χ2v) is 6.27. The van der Waals surface area contributed by atoms with Crippen molar-refractivity contribution in [2.75, 3.05) is 11.5 Å². The Morgan fingerprint density at radius 2 is 1.79 bits per heavy atom. The molecule has 3 heteroatoms. The van der Waals surface area contributed by atoms with Gasteiger partial charge in [0.1, 0.15) is 5.82 Å². The molecule has 0 atom stereocenters. The highest BCUT2D eigenvalue weighted by molar-refractivity contribution is 8.17. The maximum atomic E-state index is 12.7. The van der Waals surface area contributed by atoms with Gasteiger partial charge >= 0.3 is 0 Å². The van der Waals surface area contributed by atoms with Crippen LogP contribution in [0.3, 0.4) is 0 Å². The summed E-state index contributed by atoms with van der Waals surface area (Å²) in [7, 11) is 0. The number of rotatable bonds is 2. The summed E-state index contributed by atoms with van der Waals surface area (Å²) in [5, 5.41) is 0. The Labute approximate surface area is 92.7 Å². The third-order valence-electron chi connectivity index (χ3n) is 2.21. The minimum Gasteiger partial charge on any atom is -0.207 e. The van der Waals surface area contributed by atoms with Crippen molar-refractivity contribution in [3.8, 4) is 0 Å². The molecule has 2 rings (SSSR count). The standard InChI is InChI=1S/C11H13FS2/c12-10-4-2-9(3-5-10)8-11-13-6-1-7-14-11/h2-5,11H,1,6-8H2. The van der Waals surface area contributed by atoms with E-state index in [4.69, 9.17) is 0 Å². The van der Waals surface area contributed by atoms with Gasteiger partial charge in [-0.05, 0) is 42.0 Å². The van der Waals surface area contributed by atoms with Crippen molar-refractivity contribution in [3.63, 3.8) is 0 Å². The summed E-state index contributed by atoms with van der Waals surface area (Å²) in [5.74, 6) is 2.41. The van der Waals surface area contributed by atoms with Crippen LogP contribution in [0.4, 0.5) is 4.39 Å². The van der Waals surface area contributed by atoms with E-state index in [1.165, 1.54) is 23.5 Å². The lowest BCUT2D eigenvalue weighted by Gasteiger charge is -2.20. The smallest absolute Gasteiger partial charge is 0.123 e. The maximum absolute atomic E-state index is 12.7. The van der Waals surface area contributed by atoms with Crippen molar-refractivity contribution < 1.29 is 4.39 Å². The zero-order valence-corrected chi connectivity index (χ0v) is 9.54. The van der Waals surface area contributed by atoms with E-state index in [2.05, 4.69) is 0 Å². The van der Waals surface area contributed by atoms with Crippen molar-refractivity contribution >= 4 is 23.5 Å². The Kier molecular flexibility index (Phi) is 3.76. The highest BCUT2D eigenvalue weighted by atomic mass is 32.2. The molecule has 1 saturated heterocycles. The molecule has 0 unspecified atom stereocenters. The molecule has 0 radical (unpaired) electrons. The monoisotopic (exact) mass is 228 g/mol. The van der Waals surface area contributed by atoms with Crippen LogP contribution < -0.4 is 0 Å². The van der Waals surface area contributed by atoms with Crippen LogP contribution in [0, 0.1) is 5.82 Å². The molecule has 0 saturated carbocycles. The fourth-order valence-electron chi connectivity index (χ4n) is 1.47. The summed E-state index contributed by atoms with van der Waals surface area (Å²) in [4.78, 5) is 0. The average Bonchev–Trinajstić information content (AvgIpc) is 2.23. The summed E-state index contributed by atoms with van der Waals surface area (Å²) in [6, 6.07) is 6.89. The molecular weight excluding hydrogens is 215 g/mol. The average molecular weight is 228 g/mol. The molecule has 1 heterocycles. The van der Waals surface area contributed by atoms with Crippen LogP contribution in [0.25, 0.3) is 0 Å². The number of thioether (sulfide) groups is 2. The van der Waals surface area contributed by atoms with Gasteiger partial charge in [0.15, 0.2) is 0 Å². The van der Waals surface area contributed by atoms with Crippen molar-refractivity contribution in [3.05, 3.63) is 35.6 Å². The fraction of sp³-hybridized carbons (Fsp3) is 0.455. The molecule has 76 valence electrons. The van der Waals surface area contributed by atoms with Crippen LogP contribution in [-0.2, 0) is 6.42 Å². The summed E-state index contributed by atoms with van der Waals surface area (Å²) in [6.07, 6.45) is 2.39. The minimum absolute atomic E-state index is 0.141. The van der Waals surface area contributed by atoms with E-state index in [-0.39, 0.29) is 5.82 Å². The van der Waals surface area contributed by atoms with Crippen molar-refractivity contribution in [1.82, 2.24) is 0 Å². The molecule has 1 aliphatic rings. The molecule has 0 spiro atoms. The molecule has 14 heavy (non-hydrogen) atoms. The van der Waals surface area contributed by atoms with Crippen LogP contribution in [0.1, 0.15) is 12.0 Å². The van der Waals surface area contributed by atoms with Gasteiger partial charge in [0.2, 0.25) is 0 Å². The van der Waals surface area contributed by atoms with Crippen molar-refractivity contribution in [1.29, 1.82) is 0 Å². The van der Waals surface area contributed by atoms with Crippen molar-refractivity contribution in [2.45, 2.75) is 17.4 Å². The molecular formula is C11H13FS2. The van der Waals surface area contributed by atoms with E-state index in [9.17, 15) is 4.39 Å². The van der Waals surface area contributed by atoms with E-state index >= 15 is 0 Å². The molecule has 0 aliphatic carbocycles. The third kappa shape index (κ3) is 2.92. The Balaban J connectivity index is 1.92. The van der Waals surface area contributed by atoms with Crippen LogP contribution in [-0.4, -0.2) is 16.1 Å². The highest BCUT2D eigenvalue weighted by Gasteiger charge is 2.14. The fourth-order valence-corrected chi connectivity index (χ4v) is 4.38. The van der Waals surface area contributed by atoms with Gasteiger partial charge in [-0.15, -0.1) is 23.5 Å². The first-order valence-electron chi connectivity index (χ1n) is 4.82. The first-order valence-corrected chi connectivity index (χ1v) is 6.92. The van der Waals surface area contributed by atoms with Gasteiger partial charge in [-0.25, -0.2) is 4.39 Å². The minimum atomic E-state index is -0.141. The van der Waals surface area contributed by atoms with Gasteiger partial charge in [-0.3, -0.25) is 0 Å². The summed E-state index contributed by atoms with van der Waals surface area (Å²) < 4.78 is 13.3. The molecule has 1 fully saturated rings. The Morgan fingerprint density at radius 1 is 1.14 bits per heavy atom. The first-order chi connectivity index (χ1) is 6.84. The molecule has 1 aromatic rings. The Bertz CT molecular complexity index is 278. The summed E-state index contributed by atoms with van der Waals surface area (Å²) in [6.45, 7) is 0. The molecule has 0 bridgehead atoms. The predicted molar refractivity (Wildman–Crippen MR) is 63.4 cm³/mol. The largest absolute Gasteiger partial charge is 0.207 e.